The highest BCUT2D eigenvalue weighted by molar-refractivity contribution is 7.91. The van der Waals surface area contributed by atoms with Crippen molar-refractivity contribution in [1.82, 2.24) is 15.0 Å². The van der Waals surface area contributed by atoms with Crippen molar-refractivity contribution < 1.29 is 13.2 Å². The van der Waals surface area contributed by atoms with Gasteiger partial charge in [-0.15, -0.1) is 0 Å². The Hall–Kier alpha value is -3.07. The van der Waals surface area contributed by atoms with Gasteiger partial charge in [-0.25, -0.2) is 18.4 Å². The third kappa shape index (κ3) is 3.87. The summed E-state index contributed by atoms with van der Waals surface area (Å²) in [6, 6.07) is 10.6. The minimum atomic E-state index is -3.00. The van der Waals surface area contributed by atoms with Crippen molar-refractivity contribution in [2.75, 3.05) is 22.1 Å². The lowest BCUT2D eigenvalue weighted by Gasteiger charge is -2.12. The Morgan fingerprint density at radius 3 is 2.78 bits per heavy atom. The van der Waals surface area contributed by atoms with E-state index in [-0.39, 0.29) is 23.2 Å². The molecular weight excluding hydrogens is 366 g/mol. The minimum absolute atomic E-state index is 0.0696. The summed E-state index contributed by atoms with van der Waals surface area (Å²) in [4.78, 5) is 25.0. The SMILES string of the molecule is O=C(Nc1cccc2cccnc12)c1cc(NC2CCS(=O)(=O)C2)ncn1. The topological polar surface area (TPSA) is 114 Å². The predicted octanol–water partition coefficient (Wildman–Crippen LogP) is 1.88. The number of nitrogens with zero attached hydrogens (tertiary/aromatic N) is 3. The van der Waals surface area contributed by atoms with Crippen LogP contribution in [0.1, 0.15) is 16.9 Å². The highest BCUT2D eigenvalue weighted by atomic mass is 32.2. The average molecular weight is 383 g/mol. The number of benzene rings is 1. The molecule has 0 saturated carbocycles. The standard InChI is InChI=1S/C18H17N5O3S/c24-18(23-14-5-1-3-12-4-2-7-19-17(12)14)15-9-16(21-11-20-15)22-13-6-8-27(25,26)10-13/h1-5,7,9,11,13H,6,8,10H2,(H,23,24)(H,20,21,22). The lowest BCUT2D eigenvalue weighted by molar-refractivity contribution is 0.102. The second kappa shape index (κ2) is 6.92. The number of rotatable bonds is 4. The molecule has 1 aromatic carbocycles. The number of carbonyl (C=O) groups is 1. The van der Waals surface area contributed by atoms with Gasteiger partial charge in [0.25, 0.3) is 5.91 Å². The first kappa shape index (κ1) is 17.3. The summed E-state index contributed by atoms with van der Waals surface area (Å²) in [6.45, 7) is 0. The molecule has 1 aliphatic rings. The molecule has 2 aromatic heterocycles. The number of hydrogen-bond acceptors (Lipinski definition) is 7. The summed E-state index contributed by atoms with van der Waals surface area (Å²) in [7, 11) is -3.00. The second-order valence-electron chi connectivity index (χ2n) is 6.37. The molecule has 27 heavy (non-hydrogen) atoms. The Kier molecular flexibility index (Phi) is 4.44. The molecule has 1 unspecified atom stereocenters. The molecule has 3 aromatic rings. The van der Waals surface area contributed by atoms with Crippen LogP contribution in [0.25, 0.3) is 10.9 Å². The number of fused-ring (bicyclic) bond motifs is 1. The van der Waals surface area contributed by atoms with Gasteiger partial charge in [-0.05, 0) is 18.6 Å². The number of aromatic nitrogens is 3. The number of carbonyl (C=O) groups excluding carboxylic acids is 1. The van der Waals surface area contributed by atoms with Crippen molar-refractivity contribution in [2.45, 2.75) is 12.5 Å². The van der Waals surface area contributed by atoms with Crippen molar-refractivity contribution in [3.05, 3.63) is 54.6 Å². The minimum Gasteiger partial charge on any atom is -0.366 e. The quantitative estimate of drug-likeness (QED) is 0.707. The van der Waals surface area contributed by atoms with Gasteiger partial charge in [-0.2, -0.15) is 0 Å². The summed E-state index contributed by atoms with van der Waals surface area (Å²) in [5.74, 6) is 0.267. The highest BCUT2D eigenvalue weighted by Gasteiger charge is 2.28. The monoisotopic (exact) mass is 383 g/mol. The zero-order chi connectivity index (χ0) is 18.9. The second-order valence-corrected chi connectivity index (χ2v) is 8.60. The molecule has 1 fully saturated rings. The van der Waals surface area contributed by atoms with Gasteiger partial charge in [-0.1, -0.05) is 18.2 Å². The molecule has 1 saturated heterocycles. The molecule has 1 atom stereocenters. The Morgan fingerprint density at radius 2 is 1.96 bits per heavy atom. The zero-order valence-corrected chi connectivity index (χ0v) is 15.1. The average Bonchev–Trinajstić information content (AvgIpc) is 3.00. The van der Waals surface area contributed by atoms with Crippen LogP contribution < -0.4 is 10.6 Å². The third-order valence-electron chi connectivity index (χ3n) is 4.37. The van der Waals surface area contributed by atoms with Crippen LogP contribution in [0.3, 0.4) is 0 Å². The maximum absolute atomic E-state index is 12.6. The van der Waals surface area contributed by atoms with Gasteiger partial charge in [-0.3, -0.25) is 9.78 Å². The van der Waals surface area contributed by atoms with Crippen LogP contribution >= 0.6 is 0 Å². The molecule has 4 rings (SSSR count). The van der Waals surface area contributed by atoms with E-state index < -0.39 is 15.7 Å². The van der Waals surface area contributed by atoms with Crippen molar-refractivity contribution in [2.24, 2.45) is 0 Å². The highest BCUT2D eigenvalue weighted by Crippen LogP contribution is 2.21. The first-order valence-electron chi connectivity index (χ1n) is 8.44. The molecule has 138 valence electrons. The summed E-state index contributed by atoms with van der Waals surface area (Å²) in [5.41, 5.74) is 1.46. The molecule has 3 heterocycles. The maximum Gasteiger partial charge on any atom is 0.274 e. The van der Waals surface area contributed by atoms with Gasteiger partial charge in [0.05, 0.1) is 22.7 Å². The fraction of sp³-hybridized carbons (Fsp3) is 0.222. The van der Waals surface area contributed by atoms with E-state index in [9.17, 15) is 13.2 Å². The van der Waals surface area contributed by atoms with E-state index in [0.717, 1.165) is 5.39 Å². The molecule has 2 N–H and O–H groups in total. The van der Waals surface area contributed by atoms with E-state index in [1.807, 2.05) is 24.3 Å². The number of anilines is 2. The van der Waals surface area contributed by atoms with Crippen LogP contribution in [0.5, 0.6) is 0 Å². The van der Waals surface area contributed by atoms with Crippen LogP contribution in [0.15, 0.2) is 48.9 Å². The van der Waals surface area contributed by atoms with Crippen molar-refractivity contribution in [3.63, 3.8) is 0 Å². The fourth-order valence-corrected chi connectivity index (χ4v) is 4.74. The number of pyridine rings is 1. The van der Waals surface area contributed by atoms with Crippen molar-refractivity contribution >= 4 is 38.2 Å². The molecule has 0 aliphatic carbocycles. The van der Waals surface area contributed by atoms with E-state index in [1.165, 1.54) is 12.4 Å². The van der Waals surface area contributed by atoms with Gasteiger partial charge in [0.15, 0.2) is 9.84 Å². The van der Waals surface area contributed by atoms with Crippen LogP contribution in [-0.4, -0.2) is 46.8 Å². The Labute approximate surface area is 156 Å². The molecule has 0 bridgehead atoms. The first-order chi connectivity index (χ1) is 13.0. The lowest BCUT2D eigenvalue weighted by Crippen LogP contribution is -2.22. The largest absolute Gasteiger partial charge is 0.366 e. The molecule has 0 radical (unpaired) electrons. The van der Waals surface area contributed by atoms with Gasteiger partial charge < -0.3 is 10.6 Å². The van der Waals surface area contributed by atoms with Crippen LogP contribution in [0, 0.1) is 0 Å². The first-order valence-corrected chi connectivity index (χ1v) is 10.3. The number of sulfone groups is 1. The normalized spacial score (nSPS) is 18.3. The van der Waals surface area contributed by atoms with E-state index >= 15 is 0 Å². The number of nitrogens with one attached hydrogen (secondary N) is 2. The van der Waals surface area contributed by atoms with E-state index in [1.54, 1.807) is 12.3 Å². The van der Waals surface area contributed by atoms with Crippen LogP contribution in [0.4, 0.5) is 11.5 Å². The summed E-state index contributed by atoms with van der Waals surface area (Å²) >= 11 is 0. The summed E-state index contributed by atoms with van der Waals surface area (Å²) < 4.78 is 23.1. The number of hydrogen-bond donors (Lipinski definition) is 2. The molecule has 9 heteroatoms. The Morgan fingerprint density at radius 1 is 1.11 bits per heavy atom. The van der Waals surface area contributed by atoms with E-state index in [0.29, 0.717) is 23.4 Å². The molecule has 8 nitrogen and oxygen atoms in total. The van der Waals surface area contributed by atoms with Gasteiger partial charge >= 0.3 is 0 Å². The van der Waals surface area contributed by atoms with Gasteiger partial charge in [0, 0.05) is 23.7 Å². The zero-order valence-electron chi connectivity index (χ0n) is 14.3. The van der Waals surface area contributed by atoms with E-state index in [4.69, 9.17) is 0 Å². The third-order valence-corrected chi connectivity index (χ3v) is 6.13. The molecular formula is C18H17N5O3S. The Bertz CT molecular complexity index is 1110. The van der Waals surface area contributed by atoms with Crippen LogP contribution in [0.2, 0.25) is 0 Å². The molecule has 1 aliphatic heterocycles. The maximum atomic E-state index is 12.6. The summed E-state index contributed by atoms with van der Waals surface area (Å²) in [6.07, 6.45) is 3.47. The smallest absolute Gasteiger partial charge is 0.274 e. The van der Waals surface area contributed by atoms with Gasteiger partial charge in [0.2, 0.25) is 0 Å². The Balaban J connectivity index is 1.52. The predicted molar refractivity (Wildman–Crippen MR) is 102 cm³/mol. The number of amides is 1. The van der Waals surface area contributed by atoms with Crippen molar-refractivity contribution in [1.29, 1.82) is 0 Å². The lowest BCUT2D eigenvalue weighted by atomic mass is 10.2. The van der Waals surface area contributed by atoms with Crippen LogP contribution in [-0.2, 0) is 9.84 Å². The number of para-hydroxylation sites is 1. The fourth-order valence-electron chi connectivity index (χ4n) is 3.07. The summed E-state index contributed by atoms with van der Waals surface area (Å²) in [5, 5.41) is 6.80. The van der Waals surface area contributed by atoms with E-state index in [2.05, 4.69) is 25.6 Å². The van der Waals surface area contributed by atoms with Crippen molar-refractivity contribution in [3.8, 4) is 0 Å². The molecule has 1 amide bonds. The van der Waals surface area contributed by atoms with Gasteiger partial charge in [0.1, 0.15) is 17.8 Å². The molecule has 0 spiro atoms.